The molecule has 4 nitrogen and oxygen atoms in total. The number of hydrogen-bond acceptors (Lipinski definition) is 3. The summed E-state index contributed by atoms with van der Waals surface area (Å²) in [6.45, 7) is 9.45. The molecule has 0 aromatic carbocycles. The maximum absolute atomic E-state index is 12.0. The van der Waals surface area contributed by atoms with E-state index in [1.807, 2.05) is 6.92 Å². The van der Waals surface area contributed by atoms with E-state index >= 15 is 0 Å². The summed E-state index contributed by atoms with van der Waals surface area (Å²) < 4.78 is 5.44. The molecule has 2 rings (SSSR count). The van der Waals surface area contributed by atoms with E-state index in [0.717, 1.165) is 57.9 Å². The summed E-state index contributed by atoms with van der Waals surface area (Å²) >= 11 is 0. The molecule has 2 saturated heterocycles. The maximum atomic E-state index is 12.0. The molecule has 4 heteroatoms. The summed E-state index contributed by atoms with van der Waals surface area (Å²) in [5.74, 6) is 1.13. The van der Waals surface area contributed by atoms with E-state index in [1.54, 1.807) is 0 Å². The number of amides is 1. The van der Waals surface area contributed by atoms with Crippen molar-refractivity contribution in [3.63, 3.8) is 0 Å². The summed E-state index contributed by atoms with van der Waals surface area (Å²) in [6.07, 6.45) is 5.48. The van der Waals surface area contributed by atoms with Gasteiger partial charge >= 0.3 is 0 Å². The van der Waals surface area contributed by atoms with Crippen LogP contribution in [0.25, 0.3) is 0 Å². The van der Waals surface area contributed by atoms with Gasteiger partial charge in [0.25, 0.3) is 0 Å². The number of carbonyl (C=O) groups is 1. The monoisotopic (exact) mass is 282 g/mol. The van der Waals surface area contributed by atoms with Gasteiger partial charge in [-0.3, -0.25) is 4.79 Å². The van der Waals surface area contributed by atoms with Crippen LogP contribution in [0.5, 0.6) is 0 Å². The molecule has 0 aliphatic carbocycles. The Bertz CT molecular complexity index is 295. The third kappa shape index (κ3) is 4.74. The zero-order valence-corrected chi connectivity index (χ0v) is 13.1. The van der Waals surface area contributed by atoms with Crippen molar-refractivity contribution in [2.24, 2.45) is 11.8 Å². The Morgan fingerprint density at radius 1 is 1.35 bits per heavy atom. The van der Waals surface area contributed by atoms with Crippen molar-refractivity contribution in [1.29, 1.82) is 0 Å². The van der Waals surface area contributed by atoms with E-state index in [-0.39, 0.29) is 11.8 Å². The molecule has 1 amide bonds. The van der Waals surface area contributed by atoms with Gasteiger partial charge in [0.05, 0.1) is 6.61 Å². The predicted molar refractivity (Wildman–Crippen MR) is 80.6 cm³/mol. The molecule has 0 aromatic heterocycles. The number of hydrogen-bond donors (Lipinski definition) is 1. The van der Waals surface area contributed by atoms with Crippen molar-refractivity contribution in [2.45, 2.75) is 52.0 Å². The number of piperidine rings is 1. The third-order valence-electron chi connectivity index (χ3n) is 4.64. The van der Waals surface area contributed by atoms with Gasteiger partial charge in [0.1, 0.15) is 0 Å². The van der Waals surface area contributed by atoms with Crippen molar-refractivity contribution < 1.29 is 9.53 Å². The van der Waals surface area contributed by atoms with Crippen molar-refractivity contribution >= 4 is 5.91 Å². The molecule has 0 spiro atoms. The molecule has 2 aliphatic rings. The minimum Gasteiger partial charge on any atom is -0.381 e. The highest BCUT2D eigenvalue weighted by Gasteiger charge is 2.25. The van der Waals surface area contributed by atoms with Crippen LogP contribution in [0.3, 0.4) is 0 Å². The average Bonchev–Trinajstić information content (AvgIpc) is 2.94. The normalized spacial score (nSPS) is 26.6. The van der Waals surface area contributed by atoms with Gasteiger partial charge in [0.2, 0.25) is 5.91 Å². The van der Waals surface area contributed by atoms with Gasteiger partial charge in [0.15, 0.2) is 0 Å². The molecule has 2 atom stereocenters. The van der Waals surface area contributed by atoms with Crippen LogP contribution in [0.4, 0.5) is 0 Å². The van der Waals surface area contributed by atoms with Crippen LogP contribution in [0.1, 0.15) is 46.0 Å². The second kappa shape index (κ2) is 7.99. The van der Waals surface area contributed by atoms with Crippen LogP contribution in [0.2, 0.25) is 0 Å². The maximum Gasteiger partial charge on any atom is 0.223 e. The molecule has 0 bridgehead atoms. The Hall–Kier alpha value is -0.610. The lowest BCUT2D eigenvalue weighted by atomic mass is 10.00. The molecule has 20 heavy (non-hydrogen) atoms. The molecule has 2 unspecified atom stereocenters. The highest BCUT2D eigenvalue weighted by atomic mass is 16.5. The fourth-order valence-corrected chi connectivity index (χ4v) is 3.26. The molecule has 0 saturated carbocycles. The molecule has 116 valence electrons. The van der Waals surface area contributed by atoms with Crippen molar-refractivity contribution in [2.75, 3.05) is 32.8 Å². The Morgan fingerprint density at radius 2 is 2.10 bits per heavy atom. The van der Waals surface area contributed by atoms with Crippen molar-refractivity contribution in [3.05, 3.63) is 0 Å². The van der Waals surface area contributed by atoms with Crippen molar-refractivity contribution in [1.82, 2.24) is 10.2 Å². The molecule has 0 aromatic rings. The zero-order valence-electron chi connectivity index (χ0n) is 13.1. The van der Waals surface area contributed by atoms with Gasteiger partial charge in [-0.2, -0.15) is 0 Å². The topological polar surface area (TPSA) is 41.6 Å². The number of likely N-dealkylation sites (tertiary alicyclic amines) is 1. The number of rotatable bonds is 6. The summed E-state index contributed by atoms with van der Waals surface area (Å²) in [6, 6.07) is 0.387. The van der Waals surface area contributed by atoms with Gasteiger partial charge in [-0.25, -0.2) is 0 Å². The lowest BCUT2D eigenvalue weighted by Gasteiger charge is -2.34. The first-order chi connectivity index (χ1) is 9.69. The minimum absolute atomic E-state index is 0.161. The Morgan fingerprint density at radius 3 is 2.70 bits per heavy atom. The van der Waals surface area contributed by atoms with Crippen molar-refractivity contribution in [3.8, 4) is 0 Å². The molecular weight excluding hydrogens is 252 g/mol. The van der Waals surface area contributed by atoms with Crippen LogP contribution in [-0.4, -0.2) is 49.7 Å². The van der Waals surface area contributed by atoms with Crippen LogP contribution in [0, 0.1) is 11.8 Å². The highest BCUT2D eigenvalue weighted by Crippen LogP contribution is 2.18. The first kappa shape index (κ1) is 15.8. The number of carbonyl (C=O) groups excluding carboxylic acids is 1. The lowest BCUT2D eigenvalue weighted by molar-refractivity contribution is -0.125. The van der Waals surface area contributed by atoms with Gasteiger partial charge < -0.3 is 15.0 Å². The van der Waals surface area contributed by atoms with E-state index in [0.29, 0.717) is 6.04 Å². The average molecular weight is 282 g/mol. The van der Waals surface area contributed by atoms with Crippen LogP contribution in [0.15, 0.2) is 0 Å². The van der Waals surface area contributed by atoms with Crippen LogP contribution < -0.4 is 5.32 Å². The molecule has 0 radical (unpaired) electrons. The first-order valence-electron chi connectivity index (χ1n) is 8.29. The molecule has 2 heterocycles. The van der Waals surface area contributed by atoms with Crippen LogP contribution in [-0.2, 0) is 9.53 Å². The summed E-state index contributed by atoms with van der Waals surface area (Å²) in [4.78, 5) is 14.6. The fourth-order valence-electron chi connectivity index (χ4n) is 3.26. The minimum atomic E-state index is 0.161. The lowest BCUT2D eigenvalue weighted by Crippen LogP contribution is -2.47. The number of nitrogens with zero attached hydrogens (tertiary/aromatic N) is 1. The SMILES string of the molecule is CCCC(C)C(=O)NC1CCN(CC2CCOC2)CC1. The number of ether oxygens (including phenoxy) is 1. The molecular formula is C16H30N2O2. The first-order valence-corrected chi connectivity index (χ1v) is 8.29. The van der Waals surface area contributed by atoms with Gasteiger partial charge in [-0.05, 0) is 31.6 Å². The van der Waals surface area contributed by atoms with E-state index < -0.39 is 0 Å². The zero-order chi connectivity index (χ0) is 14.4. The van der Waals surface area contributed by atoms with Gasteiger partial charge in [0, 0.05) is 38.2 Å². The number of nitrogens with one attached hydrogen (secondary N) is 1. The Balaban J connectivity index is 1.64. The summed E-state index contributed by atoms with van der Waals surface area (Å²) in [5, 5.41) is 3.23. The molecule has 2 aliphatic heterocycles. The Labute approximate surface area is 123 Å². The largest absolute Gasteiger partial charge is 0.381 e. The second-order valence-corrected chi connectivity index (χ2v) is 6.50. The van der Waals surface area contributed by atoms with E-state index in [2.05, 4.69) is 17.1 Å². The fraction of sp³-hybridized carbons (Fsp3) is 0.938. The van der Waals surface area contributed by atoms with Gasteiger partial charge in [-0.1, -0.05) is 20.3 Å². The molecule has 1 N–H and O–H groups in total. The highest BCUT2D eigenvalue weighted by molar-refractivity contribution is 5.78. The van der Waals surface area contributed by atoms with E-state index in [9.17, 15) is 4.79 Å². The Kier molecular flexibility index (Phi) is 6.30. The third-order valence-corrected chi connectivity index (χ3v) is 4.64. The second-order valence-electron chi connectivity index (χ2n) is 6.50. The van der Waals surface area contributed by atoms with Crippen LogP contribution >= 0.6 is 0 Å². The summed E-state index contributed by atoms with van der Waals surface area (Å²) in [7, 11) is 0. The standard InChI is InChI=1S/C16H30N2O2/c1-3-4-13(2)16(19)17-15-5-8-18(9-6-15)11-14-7-10-20-12-14/h13-15H,3-12H2,1-2H3,(H,17,19). The quantitative estimate of drug-likeness (QED) is 0.810. The van der Waals surface area contributed by atoms with E-state index in [4.69, 9.17) is 4.74 Å². The smallest absolute Gasteiger partial charge is 0.223 e. The summed E-state index contributed by atoms with van der Waals surface area (Å²) in [5.41, 5.74) is 0. The van der Waals surface area contributed by atoms with Gasteiger partial charge in [-0.15, -0.1) is 0 Å². The predicted octanol–water partition coefficient (Wildman–Crippen LogP) is 2.04. The van der Waals surface area contributed by atoms with E-state index in [1.165, 1.54) is 13.0 Å². The molecule has 2 fully saturated rings.